The monoisotopic (exact) mass is 358 g/mol. The van der Waals surface area contributed by atoms with Gasteiger partial charge in [0.2, 0.25) is 0 Å². The predicted octanol–water partition coefficient (Wildman–Crippen LogP) is 1.14. The molecule has 7 heteroatoms. The lowest BCUT2D eigenvalue weighted by Crippen LogP contribution is -2.44. The van der Waals surface area contributed by atoms with Crippen LogP contribution in [0.4, 0.5) is 0 Å². The smallest absolute Gasteiger partial charge is 0.272 e. The molecule has 1 atom stereocenters. The largest absolute Gasteiger partial charge is 0.497 e. The number of aromatic nitrogens is 2. The lowest BCUT2D eigenvalue weighted by molar-refractivity contribution is 0.0162. The minimum atomic E-state index is -0.893. The second-order valence-electron chi connectivity index (χ2n) is 7.06. The minimum Gasteiger partial charge on any atom is -0.497 e. The Bertz CT molecular complexity index is 758. The molecule has 1 N–H and O–H groups in total. The molecule has 1 fully saturated rings. The fourth-order valence-electron chi connectivity index (χ4n) is 3.51. The third-order valence-corrected chi connectivity index (χ3v) is 4.84. The van der Waals surface area contributed by atoms with Crippen LogP contribution >= 0.6 is 0 Å². The highest BCUT2D eigenvalue weighted by Crippen LogP contribution is 2.24. The molecule has 1 aliphatic rings. The number of amides is 1. The van der Waals surface area contributed by atoms with E-state index in [-0.39, 0.29) is 5.91 Å². The molecular formula is C19H26N4O3. The van der Waals surface area contributed by atoms with Gasteiger partial charge in [-0.2, -0.15) is 5.10 Å². The summed E-state index contributed by atoms with van der Waals surface area (Å²) >= 11 is 0. The summed E-state index contributed by atoms with van der Waals surface area (Å²) in [5, 5.41) is 15.0. The summed E-state index contributed by atoms with van der Waals surface area (Å²) in [5.74, 6) is 0.744. The SMILES string of the molecule is COc1ccc(CN(C)CC2(O)CCN(C(=O)c3ccnn3C)C2)cc1. The second-order valence-corrected chi connectivity index (χ2v) is 7.06. The van der Waals surface area contributed by atoms with Crippen LogP contribution in [-0.2, 0) is 13.6 Å². The molecule has 1 aromatic heterocycles. The molecule has 0 radical (unpaired) electrons. The van der Waals surface area contributed by atoms with Crippen molar-refractivity contribution in [1.29, 1.82) is 0 Å². The minimum absolute atomic E-state index is 0.0845. The van der Waals surface area contributed by atoms with E-state index in [9.17, 15) is 9.90 Å². The molecule has 0 saturated carbocycles. The first-order valence-corrected chi connectivity index (χ1v) is 8.71. The van der Waals surface area contributed by atoms with E-state index < -0.39 is 5.60 Å². The van der Waals surface area contributed by atoms with Crippen molar-refractivity contribution in [3.8, 4) is 5.75 Å². The first-order valence-electron chi connectivity index (χ1n) is 8.71. The van der Waals surface area contributed by atoms with E-state index in [1.807, 2.05) is 31.3 Å². The zero-order chi connectivity index (χ0) is 18.7. The van der Waals surface area contributed by atoms with Crippen molar-refractivity contribution in [3.05, 3.63) is 47.8 Å². The fourth-order valence-corrected chi connectivity index (χ4v) is 3.51. The summed E-state index contributed by atoms with van der Waals surface area (Å²) in [6.45, 7) is 2.12. The Kier molecular flexibility index (Phi) is 5.29. The third-order valence-electron chi connectivity index (χ3n) is 4.84. The van der Waals surface area contributed by atoms with E-state index in [1.165, 1.54) is 0 Å². The van der Waals surface area contributed by atoms with E-state index in [0.29, 0.717) is 31.7 Å². The molecule has 1 saturated heterocycles. The van der Waals surface area contributed by atoms with Gasteiger partial charge in [-0.05, 0) is 37.2 Å². The summed E-state index contributed by atoms with van der Waals surface area (Å²) in [5.41, 5.74) is 0.800. The van der Waals surface area contributed by atoms with Crippen LogP contribution in [0, 0.1) is 0 Å². The van der Waals surface area contributed by atoms with Gasteiger partial charge in [0.05, 0.1) is 19.3 Å². The highest BCUT2D eigenvalue weighted by molar-refractivity contribution is 5.92. The normalized spacial score (nSPS) is 20.0. The van der Waals surface area contributed by atoms with Gasteiger partial charge in [0.1, 0.15) is 11.4 Å². The number of hydrogen-bond donors (Lipinski definition) is 1. The molecule has 1 aromatic carbocycles. The van der Waals surface area contributed by atoms with Crippen molar-refractivity contribution >= 4 is 5.91 Å². The van der Waals surface area contributed by atoms with Crippen LogP contribution in [0.2, 0.25) is 0 Å². The number of nitrogens with zero attached hydrogens (tertiary/aromatic N) is 4. The van der Waals surface area contributed by atoms with Gasteiger partial charge < -0.3 is 14.7 Å². The molecule has 3 rings (SSSR count). The fraction of sp³-hybridized carbons (Fsp3) is 0.474. The standard InChI is InChI=1S/C19H26N4O3/c1-21(12-15-4-6-16(26-3)7-5-15)13-19(25)9-11-23(14-19)18(24)17-8-10-20-22(17)2/h4-8,10,25H,9,11-14H2,1-3H3. The topological polar surface area (TPSA) is 70.8 Å². The molecule has 0 aliphatic carbocycles. The van der Waals surface area contributed by atoms with Gasteiger partial charge in [-0.25, -0.2) is 0 Å². The number of hydrogen-bond acceptors (Lipinski definition) is 5. The van der Waals surface area contributed by atoms with Crippen LogP contribution < -0.4 is 4.74 Å². The van der Waals surface area contributed by atoms with Gasteiger partial charge in [0.25, 0.3) is 5.91 Å². The van der Waals surface area contributed by atoms with Crippen molar-refractivity contribution in [3.63, 3.8) is 0 Å². The van der Waals surface area contributed by atoms with Gasteiger partial charge in [-0.15, -0.1) is 0 Å². The number of benzene rings is 1. The Hall–Kier alpha value is -2.38. The maximum atomic E-state index is 12.6. The van der Waals surface area contributed by atoms with Crippen molar-refractivity contribution in [2.75, 3.05) is 33.8 Å². The first kappa shape index (κ1) is 18.4. The number of likely N-dealkylation sites (tertiary alicyclic amines) is 1. The molecule has 26 heavy (non-hydrogen) atoms. The van der Waals surface area contributed by atoms with Gasteiger partial charge in [0.15, 0.2) is 0 Å². The van der Waals surface area contributed by atoms with Crippen LogP contribution in [0.1, 0.15) is 22.5 Å². The molecule has 1 aliphatic heterocycles. The Morgan fingerprint density at radius 2 is 2.08 bits per heavy atom. The third kappa shape index (κ3) is 4.05. The van der Waals surface area contributed by atoms with Crippen molar-refractivity contribution in [2.24, 2.45) is 7.05 Å². The van der Waals surface area contributed by atoms with Gasteiger partial charge in [-0.3, -0.25) is 14.4 Å². The molecule has 0 spiro atoms. The van der Waals surface area contributed by atoms with E-state index in [1.54, 1.807) is 36.0 Å². The van der Waals surface area contributed by atoms with Crippen molar-refractivity contribution < 1.29 is 14.6 Å². The maximum Gasteiger partial charge on any atom is 0.272 e. The van der Waals surface area contributed by atoms with Crippen LogP contribution in [0.5, 0.6) is 5.75 Å². The molecule has 2 aromatic rings. The number of aryl methyl sites for hydroxylation is 1. The lowest BCUT2D eigenvalue weighted by Gasteiger charge is -2.29. The lowest BCUT2D eigenvalue weighted by atomic mass is 10.0. The summed E-state index contributed by atoms with van der Waals surface area (Å²) in [6, 6.07) is 9.61. The highest BCUT2D eigenvalue weighted by atomic mass is 16.5. The molecule has 1 unspecified atom stereocenters. The van der Waals surface area contributed by atoms with Crippen LogP contribution in [0.3, 0.4) is 0 Å². The Balaban J connectivity index is 1.57. The predicted molar refractivity (Wildman–Crippen MR) is 98.0 cm³/mol. The molecule has 1 amide bonds. The maximum absolute atomic E-state index is 12.6. The van der Waals surface area contributed by atoms with E-state index in [0.717, 1.165) is 17.9 Å². The van der Waals surface area contributed by atoms with Crippen LogP contribution in [0.25, 0.3) is 0 Å². The highest BCUT2D eigenvalue weighted by Gasteiger charge is 2.39. The van der Waals surface area contributed by atoms with Gasteiger partial charge >= 0.3 is 0 Å². The number of ether oxygens (including phenoxy) is 1. The van der Waals surface area contributed by atoms with Crippen molar-refractivity contribution in [2.45, 2.75) is 18.6 Å². The molecule has 7 nitrogen and oxygen atoms in total. The zero-order valence-electron chi connectivity index (χ0n) is 15.6. The zero-order valence-corrected chi connectivity index (χ0v) is 15.6. The number of carbonyl (C=O) groups is 1. The number of β-amino-alcohol motifs (C(OH)–C–C–N with tert-alkyl or cyclic N) is 1. The van der Waals surface area contributed by atoms with Crippen LogP contribution in [0.15, 0.2) is 36.5 Å². The number of aliphatic hydroxyl groups is 1. The molecule has 2 heterocycles. The summed E-state index contributed by atoms with van der Waals surface area (Å²) in [7, 11) is 5.38. The Morgan fingerprint density at radius 1 is 1.35 bits per heavy atom. The Morgan fingerprint density at radius 3 is 2.69 bits per heavy atom. The first-order chi connectivity index (χ1) is 12.4. The number of carbonyl (C=O) groups excluding carboxylic acids is 1. The van der Waals surface area contributed by atoms with Gasteiger partial charge in [-0.1, -0.05) is 12.1 Å². The second kappa shape index (κ2) is 7.47. The quantitative estimate of drug-likeness (QED) is 0.838. The summed E-state index contributed by atoms with van der Waals surface area (Å²) in [4.78, 5) is 16.4. The molecule has 140 valence electrons. The number of rotatable bonds is 6. The van der Waals surface area contributed by atoms with Crippen LogP contribution in [-0.4, -0.2) is 70.0 Å². The number of likely N-dealkylation sites (N-methyl/N-ethyl adjacent to an activating group) is 1. The molecular weight excluding hydrogens is 332 g/mol. The average Bonchev–Trinajstić information content (AvgIpc) is 3.21. The summed E-state index contributed by atoms with van der Waals surface area (Å²) in [6.07, 6.45) is 2.18. The van der Waals surface area contributed by atoms with E-state index >= 15 is 0 Å². The summed E-state index contributed by atoms with van der Waals surface area (Å²) < 4.78 is 6.74. The average molecular weight is 358 g/mol. The Labute approximate surface area is 153 Å². The molecule has 0 bridgehead atoms. The van der Waals surface area contributed by atoms with Crippen molar-refractivity contribution in [1.82, 2.24) is 19.6 Å². The van der Waals surface area contributed by atoms with E-state index in [2.05, 4.69) is 10.00 Å². The van der Waals surface area contributed by atoms with E-state index in [4.69, 9.17) is 4.74 Å². The van der Waals surface area contributed by atoms with Gasteiger partial charge in [0, 0.05) is 32.9 Å². The number of methoxy groups -OCH3 is 1.